The third-order valence-electron chi connectivity index (χ3n) is 5.08. The maximum Gasteiger partial charge on any atom is 0.118 e. The van der Waals surface area contributed by atoms with Crippen molar-refractivity contribution < 1.29 is 24.4 Å². The van der Waals surface area contributed by atoms with Crippen LogP contribution in [-0.2, 0) is 11.2 Å². The van der Waals surface area contributed by atoms with Crippen molar-refractivity contribution in [1.29, 1.82) is 0 Å². The molecule has 2 aromatic rings. The first-order valence-electron chi connectivity index (χ1n) is 8.85. The predicted octanol–water partition coefficient (Wildman–Crippen LogP) is 2.06. The first kappa shape index (κ1) is 19.5. The molecular weight excluding hydrogens is 347 g/mol. The number of rotatable bonds is 4. The molecule has 0 bridgehead atoms. The number of halogens is 1. The van der Waals surface area contributed by atoms with Gasteiger partial charge in [-0.25, -0.2) is 4.39 Å². The van der Waals surface area contributed by atoms with Gasteiger partial charge in [-0.05, 0) is 47.7 Å². The Labute approximate surface area is 158 Å². The van der Waals surface area contributed by atoms with E-state index in [1.807, 2.05) is 43.3 Å². The maximum atomic E-state index is 13.1. The van der Waals surface area contributed by atoms with E-state index in [0.29, 0.717) is 12.0 Å². The van der Waals surface area contributed by atoms with E-state index in [9.17, 15) is 19.7 Å². The molecule has 0 spiro atoms. The molecule has 2 aromatic carbocycles. The molecule has 5 heteroatoms. The topological polar surface area (TPSA) is 69.9 Å². The van der Waals surface area contributed by atoms with E-state index in [1.54, 1.807) is 6.07 Å². The highest BCUT2D eigenvalue weighted by Gasteiger charge is 2.44. The summed E-state index contributed by atoms with van der Waals surface area (Å²) in [5.41, 5.74) is 4.61. The number of aliphatic hydroxyl groups excluding tert-OH is 3. The third-order valence-corrected chi connectivity index (χ3v) is 5.08. The zero-order chi connectivity index (χ0) is 19.6. The number of aryl methyl sites for hydroxylation is 1. The maximum absolute atomic E-state index is 13.1. The van der Waals surface area contributed by atoms with Crippen LogP contribution in [0.1, 0.15) is 33.9 Å². The number of terminal acetylenes is 1. The number of benzene rings is 2. The zero-order valence-corrected chi connectivity index (χ0v) is 15.0. The Morgan fingerprint density at radius 3 is 2.37 bits per heavy atom. The van der Waals surface area contributed by atoms with Gasteiger partial charge < -0.3 is 20.1 Å². The van der Waals surface area contributed by atoms with Crippen LogP contribution in [-0.4, -0.2) is 46.4 Å². The Kier molecular flexibility index (Phi) is 5.93. The Morgan fingerprint density at radius 2 is 1.74 bits per heavy atom. The smallest absolute Gasteiger partial charge is 0.118 e. The Bertz CT molecular complexity index is 825. The molecule has 0 aromatic heterocycles. The summed E-state index contributed by atoms with van der Waals surface area (Å²) in [6.45, 7) is 1.04. The van der Waals surface area contributed by atoms with Gasteiger partial charge >= 0.3 is 0 Å². The van der Waals surface area contributed by atoms with Crippen LogP contribution in [0.15, 0.2) is 42.5 Å². The summed E-state index contributed by atoms with van der Waals surface area (Å²) in [6, 6.07) is 13.3. The molecule has 3 N–H and O–H groups in total. The van der Waals surface area contributed by atoms with Gasteiger partial charge in [-0.2, -0.15) is 0 Å². The van der Waals surface area contributed by atoms with Crippen molar-refractivity contribution in [3.05, 3.63) is 70.3 Å². The van der Waals surface area contributed by atoms with Gasteiger partial charge in [0.05, 0.1) is 0 Å². The van der Waals surface area contributed by atoms with Gasteiger partial charge in [0.25, 0.3) is 0 Å². The summed E-state index contributed by atoms with van der Waals surface area (Å²) in [5.74, 6) is 2.58. The summed E-state index contributed by atoms with van der Waals surface area (Å²) < 4.78 is 18.7. The summed E-state index contributed by atoms with van der Waals surface area (Å²) in [4.78, 5) is 0. The van der Waals surface area contributed by atoms with Crippen LogP contribution in [0.2, 0.25) is 0 Å². The second-order valence-electron chi connectivity index (χ2n) is 6.93. The number of alkyl halides is 1. The second-order valence-corrected chi connectivity index (χ2v) is 6.93. The van der Waals surface area contributed by atoms with Crippen LogP contribution in [0.25, 0.3) is 0 Å². The highest BCUT2D eigenvalue weighted by Crippen LogP contribution is 2.33. The fourth-order valence-corrected chi connectivity index (χ4v) is 3.35. The van der Waals surface area contributed by atoms with Gasteiger partial charge in [0.1, 0.15) is 37.2 Å². The summed E-state index contributed by atoms with van der Waals surface area (Å²) in [5, 5.41) is 30.2. The lowest BCUT2D eigenvalue weighted by atomic mass is 9.89. The van der Waals surface area contributed by atoms with Crippen molar-refractivity contribution in [3.8, 4) is 12.3 Å². The molecule has 1 saturated heterocycles. The molecule has 1 aliphatic heterocycles. The number of hydrogen-bond acceptors (Lipinski definition) is 4. The summed E-state index contributed by atoms with van der Waals surface area (Å²) in [7, 11) is 0. The van der Waals surface area contributed by atoms with Gasteiger partial charge in [-0.3, -0.25) is 0 Å². The molecule has 5 atom stereocenters. The zero-order valence-electron chi connectivity index (χ0n) is 15.0. The minimum absolute atomic E-state index is 0.632. The Morgan fingerprint density at radius 1 is 1.04 bits per heavy atom. The van der Waals surface area contributed by atoms with Crippen molar-refractivity contribution in [2.45, 2.75) is 43.9 Å². The lowest BCUT2D eigenvalue weighted by Crippen LogP contribution is -2.54. The van der Waals surface area contributed by atoms with Crippen molar-refractivity contribution in [2.24, 2.45) is 0 Å². The minimum Gasteiger partial charge on any atom is -0.387 e. The molecule has 1 heterocycles. The molecule has 3 rings (SSSR count). The first-order valence-corrected chi connectivity index (χ1v) is 8.85. The lowest BCUT2D eigenvalue weighted by Gasteiger charge is -2.40. The molecule has 0 saturated carbocycles. The van der Waals surface area contributed by atoms with E-state index in [4.69, 9.17) is 11.2 Å². The first-order chi connectivity index (χ1) is 12.9. The summed E-state index contributed by atoms with van der Waals surface area (Å²) in [6.07, 6.45) is -0.305. The van der Waals surface area contributed by atoms with Crippen LogP contribution in [0.4, 0.5) is 4.39 Å². The molecule has 1 fully saturated rings. The highest BCUT2D eigenvalue weighted by molar-refractivity contribution is 5.39. The van der Waals surface area contributed by atoms with Crippen molar-refractivity contribution in [2.75, 3.05) is 6.67 Å². The average Bonchev–Trinajstić information content (AvgIpc) is 2.69. The van der Waals surface area contributed by atoms with Gasteiger partial charge in [0.2, 0.25) is 0 Å². The van der Waals surface area contributed by atoms with Crippen LogP contribution >= 0.6 is 0 Å². The molecule has 4 nitrogen and oxygen atoms in total. The van der Waals surface area contributed by atoms with Crippen LogP contribution in [0.5, 0.6) is 0 Å². The lowest BCUT2D eigenvalue weighted by molar-refractivity contribution is -0.227. The van der Waals surface area contributed by atoms with E-state index in [-0.39, 0.29) is 0 Å². The van der Waals surface area contributed by atoms with Crippen LogP contribution in [0.3, 0.4) is 0 Å². The minimum atomic E-state index is -1.47. The van der Waals surface area contributed by atoms with Gasteiger partial charge in [0, 0.05) is 5.56 Å². The van der Waals surface area contributed by atoms with Crippen LogP contribution in [0, 0.1) is 19.3 Å². The normalized spacial score (nSPS) is 27.9. The molecule has 0 unspecified atom stereocenters. The molecule has 0 amide bonds. The number of aliphatic hydroxyl groups is 3. The predicted molar refractivity (Wildman–Crippen MR) is 100.0 cm³/mol. The standard InChI is InChI=1S/C22H23FO4/c1-3-14-5-7-15(8-6-14)10-17-11-16(9-4-13(17)2)22-21(26)20(25)19(24)18(12-23)27-22/h1,4-9,11,18-22,24-26H,10,12H2,2H3/t18-,19-,20+,21-,22+/m1/s1. The van der Waals surface area contributed by atoms with Crippen molar-refractivity contribution in [1.82, 2.24) is 0 Å². The Balaban J connectivity index is 1.86. The monoisotopic (exact) mass is 370 g/mol. The fourth-order valence-electron chi connectivity index (χ4n) is 3.35. The number of hydrogen-bond donors (Lipinski definition) is 3. The second kappa shape index (κ2) is 8.20. The quantitative estimate of drug-likeness (QED) is 0.721. The molecule has 1 aliphatic rings. The molecule has 142 valence electrons. The van der Waals surface area contributed by atoms with Gasteiger partial charge in [-0.15, -0.1) is 6.42 Å². The fraction of sp³-hybridized carbons (Fsp3) is 0.364. The van der Waals surface area contributed by atoms with Gasteiger partial charge in [0.15, 0.2) is 0 Å². The van der Waals surface area contributed by atoms with Gasteiger partial charge in [-0.1, -0.05) is 36.3 Å². The third kappa shape index (κ3) is 4.05. The number of ether oxygens (including phenoxy) is 1. The van der Waals surface area contributed by atoms with E-state index < -0.39 is 37.2 Å². The summed E-state index contributed by atoms with van der Waals surface area (Å²) >= 11 is 0. The van der Waals surface area contributed by atoms with Crippen molar-refractivity contribution in [3.63, 3.8) is 0 Å². The van der Waals surface area contributed by atoms with E-state index in [1.165, 1.54) is 0 Å². The van der Waals surface area contributed by atoms with E-state index >= 15 is 0 Å². The van der Waals surface area contributed by atoms with Crippen LogP contribution < -0.4 is 0 Å². The molecule has 0 aliphatic carbocycles. The highest BCUT2D eigenvalue weighted by atomic mass is 19.1. The van der Waals surface area contributed by atoms with E-state index in [2.05, 4.69) is 5.92 Å². The molecular formula is C22H23FO4. The molecule has 0 radical (unpaired) electrons. The van der Waals surface area contributed by atoms with Crippen molar-refractivity contribution >= 4 is 0 Å². The largest absolute Gasteiger partial charge is 0.387 e. The molecule has 27 heavy (non-hydrogen) atoms. The Hall–Kier alpha value is -2.23. The average molecular weight is 370 g/mol. The SMILES string of the molecule is C#Cc1ccc(Cc2cc([C@@H]3O[C@H](CF)[C@@H](O)[C@H](O)[C@H]3O)ccc2C)cc1. The van der Waals surface area contributed by atoms with E-state index in [0.717, 1.165) is 22.3 Å².